The number of phenols is 1. The molecule has 5 heteroatoms. The van der Waals surface area contributed by atoms with E-state index in [-0.39, 0.29) is 5.75 Å². The highest BCUT2D eigenvalue weighted by Gasteiger charge is 1.98. The zero-order chi connectivity index (χ0) is 14.2. The maximum Gasteiger partial charge on any atom is 0.213 e. The molecule has 0 atom stereocenters. The summed E-state index contributed by atoms with van der Waals surface area (Å²) in [7, 11) is 1.63. The molecule has 0 aliphatic carbocycles. The number of aromatic nitrogens is 1. The van der Waals surface area contributed by atoms with Crippen molar-refractivity contribution in [2.75, 3.05) is 25.6 Å². The zero-order valence-corrected chi connectivity index (χ0v) is 11.4. The van der Waals surface area contributed by atoms with E-state index < -0.39 is 0 Å². The Balaban J connectivity index is 1.84. The molecule has 0 aliphatic rings. The predicted octanol–water partition coefficient (Wildman–Crippen LogP) is 2.42. The second kappa shape index (κ2) is 7.35. The third-order valence-corrected chi connectivity index (χ3v) is 2.68. The number of hydrogen-bond acceptors (Lipinski definition) is 5. The summed E-state index contributed by atoms with van der Waals surface area (Å²) in [5, 5.41) is 12.6. The van der Waals surface area contributed by atoms with Gasteiger partial charge in [0.2, 0.25) is 5.88 Å². The monoisotopic (exact) mass is 274 g/mol. The van der Waals surface area contributed by atoms with Crippen molar-refractivity contribution >= 4 is 5.69 Å². The van der Waals surface area contributed by atoms with Crippen LogP contribution in [0.1, 0.15) is 5.56 Å². The number of ether oxygens (including phenoxy) is 2. The molecular weight excluding hydrogens is 256 g/mol. The van der Waals surface area contributed by atoms with Gasteiger partial charge in [0, 0.05) is 19.7 Å². The first-order valence-electron chi connectivity index (χ1n) is 6.37. The first-order chi connectivity index (χ1) is 9.78. The van der Waals surface area contributed by atoms with Crippen LogP contribution in [0.25, 0.3) is 0 Å². The summed E-state index contributed by atoms with van der Waals surface area (Å²) in [6, 6.07) is 10.8. The Morgan fingerprint density at radius 3 is 2.80 bits per heavy atom. The number of benzene rings is 1. The quantitative estimate of drug-likeness (QED) is 0.759. The van der Waals surface area contributed by atoms with Gasteiger partial charge in [0.15, 0.2) is 0 Å². The van der Waals surface area contributed by atoms with Crippen molar-refractivity contribution < 1.29 is 14.6 Å². The lowest BCUT2D eigenvalue weighted by molar-refractivity contribution is 0.144. The van der Waals surface area contributed by atoms with Crippen LogP contribution < -0.4 is 10.1 Å². The molecule has 0 unspecified atom stereocenters. The normalized spacial score (nSPS) is 10.2. The molecule has 0 bridgehead atoms. The van der Waals surface area contributed by atoms with E-state index in [4.69, 9.17) is 9.47 Å². The average molecular weight is 274 g/mol. The molecule has 0 amide bonds. The molecule has 0 saturated heterocycles. The zero-order valence-electron chi connectivity index (χ0n) is 11.4. The smallest absolute Gasteiger partial charge is 0.213 e. The Hall–Kier alpha value is -2.27. The van der Waals surface area contributed by atoms with Crippen molar-refractivity contribution in [3.8, 4) is 11.6 Å². The summed E-state index contributed by atoms with van der Waals surface area (Å²) in [5.41, 5.74) is 1.90. The van der Waals surface area contributed by atoms with Crippen LogP contribution in [-0.4, -0.2) is 30.4 Å². The molecule has 1 aromatic heterocycles. The van der Waals surface area contributed by atoms with Gasteiger partial charge in [-0.3, -0.25) is 0 Å². The predicted molar refractivity (Wildman–Crippen MR) is 77.0 cm³/mol. The Kier molecular flexibility index (Phi) is 5.20. The molecule has 2 aromatic rings. The first-order valence-corrected chi connectivity index (χ1v) is 6.37. The van der Waals surface area contributed by atoms with Crippen LogP contribution in [0.2, 0.25) is 0 Å². The van der Waals surface area contributed by atoms with Crippen molar-refractivity contribution in [3.05, 3.63) is 48.2 Å². The minimum atomic E-state index is 0.268. The summed E-state index contributed by atoms with van der Waals surface area (Å²) in [6.45, 7) is 1.65. The maximum absolute atomic E-state index is 9.38. The molecule has 5 nitrogen and oxygen atoms in total. The molecule has 2 rings (SSSR count). The third kappa shape index (κ3) is 4.44. The number of methoxy groups -OCH3 is 1. The van der Waals surface area contributed by atoms with E-state index >= 15 is 0 Å². The first kappa shape index (κ1) is 14.1. The fourth-order valence-corrected chi connectivity index (χ4v) is 1.67. The largest absolute Gasteiger partial charge is 0.508 e. The van der Waals surface area contributed by atoms with E-state index in [0.29, 0.717) is 25.6 Å². The average Bonchev–Trinajstić information content (AvgIpc) is 2.47. The Labute approximate surface area is 118 Å². The van der Waals surface area contributed by atoms with Crippen LogP contribution in [0.15, 0.2) is 42.6 Å². The second-order valence-electron chi connectivity index (χ2n) is 4.25. The summed E-state index contributed by atoms with van der Waals surface area (Å²) < 4.78 is 10.3. The van der Waals surface area contributed by atoms with Gasteiger partial charge >= 0.3 is 0 Å². The van der Waals surface area contributed by atoms with Gasteiger partial charge in [-0.05, 0) is 23.8 Å². The van der Waals surface area contributed by atoms with Gasteiger partial charge in [-0.15, -0.1) is 0 Å². The van der Waals surface area contributed by atoms with Crippen molar-refractivity contribution in [2.24, 2.45) is 0 Å². The summed E-state index contributed by atoms with van der Waals surface area (Å²) in [5.74, 6) is 0.842. The van der Waals surface area contributed by atoms with Crippen molar-refractivity contribution in [2.45, 2.75) is 6.54 Å². The minimum absolute atomic E-state index is 0.268. The minimum Gasteiger partial charge on any atom is -0.508 e. The Bertz CT molecular complexity index is 529. The van der Waals surface area contributed by atoms with Crippen LogP contribution in [0.3, 0.4) is 0 Å². The van der Waals surface area contributed by atoms with Crippen LogP contribution in [0.5, 0.6) is 11.6 Å². The van der Waals surface area contributed by atoms with Gasteiger partial charge in [0.1, 0.15) is 12.4 Å². The molecule has 20 heavy (non-hydrogen) atoms. The van der Waals surface area contributed by atoms with E-state index in [2.05, 4.69) is 10.3 Å². The van der Waals surface area contributed by atoms with Gasteiger partial charge in [0.05, 0.1) is 18.5 Å². The van der Waals surface area contributed by atoms with Gasteiger partial charge in [0.25, 0.3) is 0 Å². The summed E-state index contributed by atoms with van der Waals surface area (Å²) in [4.78, 5) is 4.19. The molecule has 1 aromatic carbocycles. The molecule has 0 saturated carbocycles. The number of rotatable bonds is 7. The van der Waals surface area contributed by atoms with Crippen LogP contribution in [0.4, 0.5) is 5.69 Å². The molecule has 106 valence electrons. The lowest BCUT2D eigenvalue weighted by atomic mass is 10.2. The van der Waals surface area contributed by atoms with E-state index in [1.165, 1.54) is 0 Å². The topological polar surface area (TPSA) is 63.6 Å². The highest BCUT2D eigenvalue weighted by molar-refractivity contribution is 5.43. The lowest BCUT2D eigenvalue weighted by Gasteiger charge is -2.08. The number of phenolic OH excluding ortho intramolecular Hbond substituents is 1. The van der Waals surface area contributed by atoms with Gasteiger partial charge in [-0.25, -0.2) is 4.98 Å². The van der Waals surface area contributed by atoms with Crippen LogP contribution >= 0.6 is 0 Å². The molecule has 1 heterocycles. The Morgan fingerprint density at radius 1 is 1.20 bits per heavy atom. The van der Waals surface area contributed by atoms with Crippen molar-refractivity contribution in [3.63, 3.8) is 0 Å². The van der Waals surface area contributed by atoms with E-state index in [0.717, 1.165) is 11.3 Å². The Morgan fingerprint density at radius 2 is 2.10 bits per heavy atom. The van der Waals surface area contributed by atoms with Crippen molar-refractivity contribution in [1.29, 1.82) is 0 Å². The van der Waals surface area contributed by atoms with E-state index in [1.54, 1.807) is 31.5 Å². The molecule has 0 radical (unpaired) electrons. The highest BCUT2D eigenvalue weighted by Crippen LogP contribution is 2.15. The van der Waals surface area contributed by atoms with E-state index in [9.17, 15) is 5.11 Å². The van der Waals surface area contributed by atoms with Crippen LogP contribution in [0, 0.1) is 0 Å². The third-order valence-electron chi connectivity index (χ3n) is 2.68. The van der Waals surface area contributed by atoms with Gasteiger partial charge in [-0.2, -0.15) is 0 Å². The van der Waals surface area contributed by atoms with Gasteiger partial charge in [-0.1, -0.05) is 12.1 Å². The van der Waals surface area contributed by atoms with E-state index in [1.807, 2.05) is 18.2 Å². The fraction of sp³-hybridized carbons (Fsp3) is 0.267. The van der Waals surface area contributed by atoms with Crippen LogP contribution in [-0.2, 0) is 11.3 Å². The number of aromatic hydroxyl groups is 1. The molecule has 0 aliphatic heterocycles. The number of hydrogen-bond donors (Lipinski definition) is 2. The highest BCUT2D eigenvalue weighted by atomic mass is 16.5. The lowest BCUT2D eigenvalue weighted by Crippen LogP contribution is -2.05. The summed E-state index contributed by atoms with van der Waals surface area (Å²) in [6.07, 6.45) is 1.71. The number of anilines is 1. The molecular formula is C15H18N2O3. The number of nitrogens with one attached hydrogen (secondary N) is 1. The molecule has 0 spiro atoms. The molecule has 2 N–H and O–H groups in total. The SMILES string of the molecule is COCCOc1ccc(NCc2cccc(O)c2)cn1. The summed E-state index contributed by atoms with van der Waals surface area (Å²) >= 11 is 0. The van der Waals surface area contributed by atoms with Crippen molar-refractivity contribution in [1.82, 2.24) is 4.98 Å². The number of nitrogens with zero attached hydrogens (tertiary/aromatic N) is 1. The maximum atomic E-state index is 9.38. The number of pyridine rings is 1. The second-order valence-corrected chi connectivity index (χ2v) is 4.25. The van der Waals surface area contributed by atoms with Gasteiger partial charge < -0.3 is 19.9 Å². The fourth-order valence-electron chi connectivity index (χ4n) is 1.67. The molecule has 0 fully saturated rings. The standard InChI is InChI=1S/C15H18N2O3/c1-19-7-8-20-15-6-5-13(11-17-15)16-10-12-3-2-4-14(18)9-12/h2-6,9,11,16,18H,7-8,10H2,1H3.